The molecule has 0 aliphatic carbocycles. The highest BCUT2D eigenvalue weighted by atomic mass is 32.1. The van der Waals surface area contributed by atoms with Gasteiger partial charge in [-0.1, -0.05) is 32.0 Å². The van der Waals surface area contributed by atoms with Crippen LogP contribution in [0.5, 0.6) is 0 Å². The Labute approximate surface area is 120 Å². The van der Waals surface area contributed by atoms with Crippen LogP contribution in [0.3, 0.4) is 0 Å². The van der Waals surface area contributed by atoms with Crippen molar-refractivity contribution in [3.63, 3.8) is 0 Å². The summed E-state index contributed by atoms with van der Waals surface area (Å²) in [7, 11) is 2.04. The lowest BCUT2D eigenvalue weighted by molar-refractivity contribution is 0.698. The molecular formula is C17H23NS. The summed E-state index contributed by atoms with van der Waals surface area (Å²) >= 11 is 1.84. The molecule has 0 saturated heterocycles. The van der Waals surface area contributed by atoms with Crippen molar-refractivity contribution in [1.29, 1.82) is 0 Å². The molecule has 1 aromatic carbocycles. The lowest BCUT2D eigenvalue weighted by atomic mass is 9.95. The predicted molar refractivity (Wildman–Crippen MR) is 85.2 cm³/mol. The van der Waals surface area contributed by atoms with Gasteiger partial charge in [0, 0.05) is 4.88 Å². The summed E-state index contributed by atoms with van der Waals surface area (Å²) in [5.41, 5.74) is 5.71. The van der Waals surface area contributed by atoms with E-state index in [1.165, 1.54) is 27.1 Å². The minimum atomic E-state index is 0.316. The van der Waals surface area contributed by atoms with Crippen LogP contribution in [-0.2, 0) is 12.8 Å². The van der Waals surface area contributed by atoms with Gasteiger partial charge in [0.2, 0.25) is 0 Å². The average molecular weight is 273 g/mol. The van der Waals surface area contributed by atoms with Crippen molar-refractivity contribution in [2.75, 3.05) is 7.05 Å². The normalized spacial score (nSPS) is 12.6. The number of thiophene rings is 1. The summed E-state index contributed by atoms with van der Waals surface area (Å²) in [6.07, 6.45) is 2.22. The maximum atomic E-state index is 3.46. The molecule has 0 aliphatic heterocycles. The van der Waals surface area contributed by atoms with E-state index in [1.807, 2.05) is 18.4 Å². The quantitative estimate of drug-likeness (QED) is 0.846. The molecule has 102 valence electrons. The van der Waals surface area contributed by atoms with Gasteiger partial charge < -0.3 is 5.32 Å². The molecule has 0 bridgehead atoms. The molecule has 1 nitrogen and oxygen atoms in total. The van der Waals surface area contributed by atoms with Gasteiger partial charge in [-0.2, -0.15) is 0 Å². The monoisotopic (exact) mass is 273 g/mol. The second-order valence-corrected chi connectivity index (χ2v) is 5.87. The smallest absolute Gasteiger partial charge is 0.0671 e. The SMILES string of the molecule is CCc1ccc(C(NC)c2sccc2C)cc1CC. The third kappa shape index (κ3) is 2.90. The minimum Gasteiger partial charge on any atom is -0.309 e. The van der Waals surface area contributed by atoms with Gasteiger partial charge >= 0.3 is 0 Å². The zero-order chi connectivity index (χ0) is 13.8. The molecular weight excluding hydrogens is 250 g/mol. The van der Waals surface area contributed by atoms with Gasteiger partial charge in [-0.05, 0) is 60.5 Å². The molecule has 2 rings (SSSR count). The minimum absolute atomic E-state index is 0.316. The summed E-state index contributed by atoms with van der Waals surface area (Å²) in [6, 6.07) is 9.46. The lowest BCUT2D eigenvalue weighted by Gasteiger charge is -2.18. The van der Waals surface area contributed by atoms with Crippen LogP contribution >= 0.6 is 11.3 Å². The summed E-state index contributed by atoms with van der Waals surface area (Å²) in [5, 5.41) is 5.64. The number of nitrogens with one attached hydrogen (secondary N) is 1. The van der Waals surface area contributed by atoms with E-state index < -0.39 is 0 Å². The predicted octanol–water partition coefficient (Wildman–Crippen LogP) is 4.49. The van der Waals surface area contributed by atoms with E-state index in [-0.39, 0.29) is 0 Å². The number of benzene rings is 1. The fourth-order valence-corrected chi connectivity index (χ4v) is 3.69. The van der Waals surface area contributed by atoms with E-state index in [0.717, 1.165) is 12.8 Å². The highest BCUT2D eigenvalue weighted by Gasteiger charge is 2.16. The summed E-state index contributed by atoms with van der Waals surface area (Å²) in [5.74, 6) is 0. The van der Waals surface area contributed by atoms with Crippen molar-refractivity contribution < 1.29 is 0 Å². The van der Waals surface area contributed by atoms with Gasteiger partial charge in [0.15, 0.2) is 0 Å². The second-order valence-electron chi connectivity index (χ2n) is 4.92. The highest BCUT2D eigenvalue weighted by molar-refractivity contribution is 7.10. The van der Waals surface area contributed by atoms with Crippen LogP contribution in [0.25, 0.3) is 0 Å². The Morgan fingerprint density at radius 3 is 2.37 bits per heavy atom. The average Bonchev–Trinajstić information content (AvgIpc) is 2.86. The molecule has 2 heteroatoms. The van der Waals surface area contributed by atoms with Crippen LogP contribution in [0.2, 0.25) is 0 Å². The zero-order valence-corrected chi connectivity index (χ0v) is 13.1. The van der Waals surface area contributed by atoms with Gasteiger partial charge in [0.05, 0.1) is 6.04 Å². The van der Waals surface area contributed by atoms with Gasteiger partial charge in [0.1, 0.15) is 0 Å². The van der Waals surface area contributed by atoms with Crippen molar-refractivity contribution >= 4 is 11.3 Å². The van der Waals surface area contributed by atoms with Gasteiger partial charge in [-0.3, -0.25) is 0 Å². The Morgan fingerprint density at radius 2 is 1.84 bits per heavy atom. The molecule has 2 aromatic rings. The second kappa shape index (κ2) is 6.36. The molecule has 1 heterocycles. The Balaban J connectivity index is 2.42. The summed E-state index contributed by atoms with van der Waals surface area (Å²) in [6.45, 7) is 6.66. The topological polar surface area (TPSA) is 12.0 Å². The van der Waals surface area contributed by atoms with Gasteiger partial charge in [-0.25, -0.2) is 0 Å². The molecule has 19 heavy (non-hydrogen) atoms. The van der Waals surface area contributed by atoms with Crippen LogP contribution < -0.4 is 5.32 Å². The van der Waals surface area contributed by atoms with Crippen LogP contribution in [0.15, 0.2) is 29.6 Å². The molecule has 1 N–H and O–H groups in total. The molecule has 0 spiro atoms. The maximum Gasteiger partial charge on any atom is 0.0671 e. The third-order valence-electron chi connectivity index (χ3n) is 3.78. The maximum absolute atomic E-state index is 3.46. The Morgan fingerprint density at radius 1 is 1.11 bits per heavy atom. The van der Waals surface area contributed by atoms with E-state index in [9.17, 15) is 0 Å². The van der Waals surface area contributed by atoms with Crippen LogP contribution in [0, 0.1) is 6.92 Å². The standard InChI is InChI=1S/C17H23NS/c1-5-13-7-8-15(11-14(13)6-2)16(18-4)17-12(3)9-10-19-17/h7-11,16,18H,5-6H2,1-4H3. The number of hydrogen-bond acceptors (Lipinski definition) is 2. The largest absolute Gasteiger partial charge is 0.309 e. The molecule has 1 aromatic heterocycles. The van der Waals surface area contributed by atoms with Crippen molar-refractivity contribution in [1.82, 2.24) is 5.32 Å². The van der Waals surface area contributed by atoms with Crippen LogP contribution in [-0.4, -0.2) is 7.05 Å². The number of hydrogen-bond donors (Lipinski definition) is 1. The van der Waals surface area contributed by atoms with E-state index in [1.54, 1.807) is 0 Å². The molecule has 1 atom stereocenters. The Hall–Kier alpha value is -1.12. The van der Waals surface area contributed by atoms with E-state index in [0.29, 0.717) is 6.04 Å². The van der Waals surface area contributed by atoms with Crippen molar-refractivity contribution in [3.05, 3.63) is 56.8 Å². The van der Waals surface area contributed by atoms with Crippen LogP contribution in [0.1, 0.15) is 47.0 Å². The first-order valence-electron chi connectivity index (χ1n) is 7.04. The molecule has 1 unspecified atom stereocenters. The van der Waals surface area contributed by atoms with Crippen LogP contribution in [0.4, 0.5) is 0 Å². The first-order valence-corrected chi connectivity index (χ1v) is 7.92. The molecule has 0 radical (unpaired) electrons. The fourth-order valence-electron chi connectivity index (χ4n) is 2.63. The number of rotatable bonds is 5. The third-order valence-corrected chi connectivity index (χ3v) is 4.86. The number of aryl methyl sites for hydroxylation is 3. The van der Waals surface area contributed by atoms with Crippen molar-refractivity contribution in [2.45, 2.75) is 39.7 Å². The van der Waals surface area contributed by atoms with E-state index in [4.69, 9.17) is 0 Å². The fraction of sp³-hybridized carbons (Fsp3) is 0.412. The Kier molecular flexibility index (Phi) is 4.78. The molecule has 0 amide bonds. The Bertz CT molecular complexity index is 542. The zero-order valence-electron chi connectivity index (χ0n) is 12.3. The molecule has 0 fully saturated rings. The van der Waals surface area contributed by atoms with E-state index in [2.05, 4.69) is 55.7 Å². The van der Waals surface area contributed by atoms with Crippen molar-refractivity contribution in [2.24, 2.45) is 0 Å². The van der Waals surface area contributed by atoms with E-state index >= 15 is 0 Å². The van der Waals surface area contributed by atoms with Gasteiger partial charge in [-0.15, -0.1) is 11.3 Å². The lowest BCUT2D eigenvalue weighted by Crippen LogP contribution is -2.17. The summed E-state index contributed by atoms with van der Waals surface area (Å²) < 4.78 is 0. The first kappa shape index (κ1) is 14.3. The highest BCUT2D eigenvalue weighted by Crippen LogP contribution is 2.30. The first-order chi connectivity index (χ1) is 9.21. The molecule has 0 aliphatic rings. The molecule has 0 saturated carbocycles. The van der Waals surface area contributed by atoms with Gasteiger partial charge in [0.25, 0.3) is 0 Å². The summed E-state index contributed by atoms with van der Waals surface area (Å²) in [4.78, 5) is 1.42. The van der Waals surface area contributed by atoms with Crippen molar-refractivity contribution in [3.8, 4) is 0 Å².